The second-order valence-corrected chi connectivity index (χ2v) is 8.87. The first kappa shape index (κ1) is 28.2. The van der Waals surface area contributed by atoms with Crippen LogP contribution >= 0.6 is 0 Å². The van der Waals surface area contributed by atoms with Crippen molar-refractivity contribution in [2.75, 3.05) is 20.3 Å². The van der Waals surface area contributed by atoms with Gasteiger partial charge in [-0.15, -0.1) is 0 Å². The van der Waals surface area contributed by atoms with Crippen LogP contribution in [0.25, 0.3) is 0 Å². The maximum atomic E-state index is 14.5. The molecule has 3 rings (SSSR count). The van der Waals surface area contributed by atoms with Crippen LogP contribution in [-0.4, -0.2) is 54.1 Å². The fraction of sp³-hybridized carbons (Fsp3) is 0.276. The fourth-order valence-corrected chi connectivity index (χ4v) is 4.56. The molecule has 0 radical (unpaired) electrons. The normalized spacial score (nSPS) is 12.4. The van der Waals surface area contributed by atoms with Gasteiger partial charge in [-0.1, -0.05) is 72.8 Å². The highest BCUT2D eigenvalue weighted by Crippen LogP contribution is 2.34. The van der Waals surface area contributed by atoms with Crippen molar-refractivity contribution in [3.63, 3.8) is 0 Å². The minimum atomic E-state index is -1.02. The Morgan fingerprint density at radius 1 is 0.921 bits per heavy atom. The molecule has 3 aromatic rings. The van der Waals surface area contributed by atoms with Gasteiger partial charge in [-0.3, -0.25) is 15.0 Å². The molecule has 0 aromatic heterocycles. The number of benzene rings is 3. The van der Waals surface area contributed by atoms with Gasteiger partial charge < -0.3 is 31.5 Å². The third kappa shape index (κ3) is 7.10. The second-order valence-electron chi connectivity index (χ2n) is 8.87. The van der Waals surface area contributed by atoms with Crippen LogP contribution in [0.2, 0.25) is 0 Å². The fourth-order valence-electron chi connectivity index (χ4n) is 4.56. The summed E-state index contributed by atoms with van der Waals surface area (Å²) in [6, 6.07) is 23.8. The number of guanidine groups is 1. The van der Waals surface area contributed by atoms with E-state index in [0.717, 1.165) is 11.1 Å². The molecule has 0 aliphatic carbocycles. The molecular formula is C29H35N5O4. The Labute approximate surface area is 222 Å². The van der Waals surface area contributed by atoms with Gasteiger partial charge in [-0.2, -0.15) is 0 Å². The van der Waals surface area contributed by atoms with Crippen LogP contribution < -0.4 is 21.5 Å². The predicted molar refractivity (Wildman–Crippen MR) is 147 cm³/mol. The van der Waals surface area contributed by atoms with E-state index in [2.05, 4.69) is 5.32 Å². The number of carbonyl (C=O) groups is 2. The molecule has 0 saturated heterocycles. The lowest BCUT2D eigenvalue weighted by Gasteiger charge is -2.39. The van der Waals surface area contributed by atoms with E-state index in [1.165, 1.54) is 4.90 Å². The maximum absolute atomic E-state index is 14.5. The quantitative estimate of drug-likeness (QED) is 0.133. The molecule has 0 saturated carbocycles. The van der Waals surface area contributed by atoms with Crippen LogP contribution in [-0.2, 0) is 9.59 Å². The molecule has 0 unspecified atom stereocenters. The zero-order valence-corrected chi connectivity index (χ0v) is 21.4. The van der Waals surface area contributed by atoms with Crippen molar-refractivity contribution in [1.82, 2.24) is 10.2 Å². The molecule has 7 N–H and O–H groups in total. The molecule has 0 spiro atoms. The minimum Gasteiger partial charge on any atom is -0.497 e. The smallest absolute Gasteiger partial charge is 0.240 e. The number of primary amides is 1. The number of hydrogen-bond donors (Lipinski definition) is 5. The Balaban J connectivity index is 2.11. The summed E-state index contributed by atoms with van der Waals surface area (Å²) in [6.45, 7) is -0.0991. The Morgan fingerprint density at radius 2 is 1.47 bits per heavy atom. The monoisotopic (exact) mass is 517 g/mol. The van der Waals surface area contributed by atoms with Crippen LogP contribution in [0.15, 0.2) is 84.9 Å². The van der Waals surface area contributed by atoms with Gasteiger partial charge in [0, 0.05) is 6.54 Å². The standard InChI is InChI=1S/C29H35N5O4/c1-38-23-16-14-20(15-17-23)25(19-35)34(24(27(30)36)13-8-18-33-29(31)32)28(37)26(21-9-4-2-5-10-21)22-11-6-3-7-12-22/h2-7,9-12,14-17,24-26,35H,8,13,18-19H2,1H3,(H2,30,36)(H4,31,32,33)/t24-,25+/m1/s1. The Morgan fingerprint density at radius 3 is 1.92 bits per heavy atom. The van der Waals surface area contributed by atoms with E-state index in [4.69, 9.17) is 21.6 Å². The SMILES string of the molecule is COc1ccc([C@H](CO)N(C(=O)C(c2ccccc2)c2ccccc2)[C@H](CCCNC(=N)N)C(N)=O)cc1. The summed E-state index contributed by atoms with van der Waals surface area (Å²) in [7, 11) is 1.55. The van der Waals surface area contributed by atoms with Gasteiger partial charge in [0.05, 0.1) is 25.7 Å². The minimum absolute atomic E-state index is 0.187. The average molecular weight is 518 g/mol. The molecule has 2 amide bonds. The topological polar surface area (TPSA) is 155 Å². The van der Waals surface area contributed by atoms with Crippen molar-refractivity contribution in [3.05, 3.63) is 102 Å². The third-order valence-electron chi connectivity index (χ3n) is 6.41. The first-order chi connectivity index (χ1) is 18.4. The van der Waals surface area contributed by atoms with E-state index >= 15 is 0 Å². The number of methoxy groups -OCH3 is 1. The lowest BCUT2D eigenvalue weighted by atomic mass is 9.88. The molecule has 9 nitrogen and oxygen atoms in total. The van der Waals surface area contributed by atoms with Crippen molar-refractivity contribution in [2.45, 2.75) is 30.8 Å². The molecule has 0 aliphatic heterocycles. The first-order valence-corrected chi connectivity index (χ1v) is 12.4. The van der Waals surface area contributed by atoms with Crippen molar-refractivity contribution >= 4 is 17.8 Å². The van der Waals surface area contributed by atoms with Crippen LogP contribution in [0.5, 0.6) is 5.75 Å². The molecule has 0 fully saturated rings. The van der Waals surface area contributed by atoms with E-state index < -0.39 is 30.5 Å². The van der Waals surface area contributed by atoms with E-state index in [9.17, 15) is 14.7 Å². The second kappa shape index (κ2) is 13.8. The Kier molecular flexibility index (Phi) is 10.2. The van der Waals surface area contributed by atoms with Crippen molar-refractivity contribution in [2.24, 2.45) is 11.5 Å². The van der Waals surface area contributed by atoms with Gasteiger partial charge in [-0.25, -0.2) is 0 Å². The van der Waals surface area contributed by atoms with Crippen LogP contribution in [0, 0.1) is 5.41 Å². The van der Waals surface area contributed by atoms with Crippen molar-refractivity contribution in [1.29, 1.82) is 5.41 Å². The predicted octanol–water partition coefficient (Wildman–Crippen LogP) is 2.51. The number of hydrogen-bond acceptors (Lipinski definition) is 5. The van der Waals surface area contributed by atoms with E-state index in [1.807, 2.05) is 60.7 Å². The molecule has 38 heavy (non-hydrogen) atoms. The van der Waals surface area contributed by atoms with Gasteiger partial charge in [0.2, 0.25) is 11.8 Å². The summed E-state index contributed by atoms with van der Waals surface area (Å²) in [4.78, 5) is 28.8. The van der Waals surface area contributed by atoms with Crippen molar-refractivity contribution in [3.8, 4) is 5.75 Å². The summed E-state index contributed by atoms with van der Waals surface area (Å²) in [6.07, 6.45) is 0.628. The number of aliphatic hydroxyl groups is 1. The molecule has 0 aliphatic rings. The first-order valence-electron chi connectivity index (χ1n) is 12.4. The molecule has 0 heterocycles. The Hall–Kier alpha value is -4.37. The number of carbonyl (C=O) groups excluding carboxylic acids is 2. The molecule has 200 valence electrons. The zero-order valence-electron chi connectivity index (χ0n) is 21.4. The van der Waals surface area contributed by atoms with Gasteiger partial charge >= 0.3 is 0 Å². The average Bonchev–Trinajstić information content (AvgIpc) is 2.93. The van der Waals surface area contributed by atoms with E-state index in [0.29, 0.717) is 24.3 Å². The van der Waals surface area contributed by atoms with Crippen LogP contribution in [0.1, 0.15) is 41.5 Å². The van der Waals surface area contributed by atoms with Crippen molar-refractivity contribution < 1.29 is 19.4 Å². The van der Waals surface area contributed by atoms with E-state index in [-0.39, 0.29) is 18.3 Å². The van der Waals surface area contributed by atoms with Gasteiger partial charge in [0.25, 0.3) is 0 Å². The summed E-state index contributed by atoms with van der Waals surface area (Å²) in [5.41, 5.74) is 13.4. The molecule has 9 heteroatoms. The maximum Gasteiger partial charge on any atom is 0.240 e. The summed E-state index contributed by atoms with van der Waals surface area (Å²) in [5.74, 6) is -1.35. The van der Waals surface area contributed by atoms with E-state index in [1.54, 1.807) is 31.4 Å². The summed E-state index contributed by atoms with van der Waals surface area (Å²) < 4.78 is 5.26. The lowest BCUT2D eigenvalue weighted by molar-refractivity contribution is -0.144. The third-order valence-corrected chi connectivity index (χ3v) is 6.41. The number of amides is 2. The van der Waals surface area contributed by atoms with Crippen LogP contribution in [0.3, 0.4) is 0 Å². The van der Waals surface area contributed by atoms with Gasteiger partial charge in [-0.05, 0) is 41.7 Å². The number of rotatable bonds is 13. The highest BCUT2D eigenvalue weighted by Gasteiger charge is 2.39. The molecule has 3 aromatic carbocycles. The largest absolute Gasteiger partial charge is 0.497 e. The number of nitrogens with zero attached hydrogens (tertiary/aromatic N) is 1. The number of nitrogens with one attached hydrogen (secondary N) is 2. The van der Waals surface area contributed by atoms with Gasteiger partial charge in [0.15, 0.2) is 5.96 Å². The van der Waals surface area contributed by atoms with Gasteiger partial charge in [0.1, 0.15) is 11.8 Å². The molecule has 2 atom stereocenters. The number of ether oxygens (including phenoxy) is 1. The Bertz CT molecular complexity index is 1150. The summed E-state index contributed by atoms with van der Waals surface area (Å²) in [5, 5.41) is 20.7. The van der Waals surface area contributed by atoms with Crippen LogP contribution in [0.4, 0.5) is 0 Å². The highest BCUT2D eigenvalue weighted by atomic mass is 16.5. The summed E-state index contributed by atoms with van der Waals surface area (Å²) >= 11 is 0. The number of nitrogens with two attached hydrogens (primary N) is 2. The molecular weight excluding hydrogens is 482 g/mol. The highest BCUT2D eigenvalue weighted by molar-refractivity contribution is 5.92. The number of aliphatic hydroxyl groups excluding tert-OH is 1. The molecule has 0 bridgehead atoms. The lowest BCUT2D eigenvalue weighted by Crippen LogP contribution is -2.52. The zero-order chi connectivity index (χ0) is 27.5.